The van der Waals surface area contributed by atoms with Crippen LogP contribution in [0.2, 0.25) is 0 Å². The van der Waals surface area contributed by atoms with Gasteiger partial charge < -0.3 is 10.1 Å². The van der Waals surface area contributed by atoms with Gasteiger partial charge in [-0.3, -0.25) is 0 Å². The van der Waals surface area contributed by atoms with E-state index in [1.165, 1.54) is 28.5 Å². The van der Waals surface area contributed by atoms with E-state index in [0.29, 0.717) is 19.0 Å². The average molecular weight is 387 g/mol. The molecule has 0 radical (unpaired) electrons. The van der Waals surface area contributed by atoms with Gasteiger partial charge in [-0.05, 0) is 60.8 Å². The van der Waals surface area contributed by atoms with Crippen molar-refractivity contribution in [3.05, 3.63) is 34.5 Å². The molecule has 5 rings (SSSR count). The third-order valence-corrected chi connectivity index (χ3v) is 6.93. The van der Waals surface area contributed by atoms with E-state index in [4.69, 9.17) is 9.52 Å². The molecule has 3 aliphatic rings. The molecule has 142 valence electrons. The Morgan fingerprint density at radius 1 is 1.19 bits per heavy atom. The predicted molar refractivity (Wildman–Crippen MR) is 99.5 cm³/mol. The van der Waals surface area contributed by atoms with E-state index in [-0.39, 0.29) is 4.90 Å². The topological polar surface area (TPSA) is 109 Å². The monoisotopic (exact) mass is 387 g/mol. The Balaban J connectivity index is 1.42. The zero-order chi connectivity index (χ0) is 18.6. The average Bonchev–Trinajstić information content (AvgIpc) is 3.37. The summed E-state index contributed by atoms with van der Waals surface area (Å²) in [4.78, 5) is 12.7. The van der Waals surface area contributed by atoms with E-state index in [1.54, 1.807) is 4.68 Å². The molecule has 0 unspecified atom stereocenters. The van der Waals surface area contributed by atoms with E-state index < -0.39 is 15.9 Å². The van der Waals surface area contributed by atoms with Crippen molar-refractivity contribution in [3.63, 3.8) is 0 Å². The molecule has 2 aromatic rings. The number of anilines is 1. The first kappa shape index (κ1) is 16.6. The lowest BCUT2D eigenvalue weighted by atomic mass is 9.99. The Morgan fingerprint density at radius 2 is 1.89 bits per heavy atom. The second kappa shape index (κ2) is 5.98. The summed E-state index contributed by atoms with van der Waals surface area (Å²) in [6.45, 7) is 0.986. The van der Waals surface area contributed by atoms with Crippen LogP contribution in [0.25, 0.3) is 0 Å². The first-order valence-electron chi connectivity index (χ1n) is 9.25. The molecule has 0 spiro atoms. The van der Waals surface area contributed by atoms with E-state index in [1.807, 2.05) is 0 Å². The van der Waals surface area contributed by atoms with Crippen LogP contribution in [0.1, 0.15) is 35.1 Å². The summed E-state index contributed by atoms with van der Waals surface area (Å²) in [6.07, 6.45) is 7.47. The Labute approximate surface area is 157 Å². The standard InChI is InChI=1S/C18H21N5O3S/c19-27(25,15-10-20-23-7-8-26-17(15)23)22-18(24)21-16-13-5-1-3-11(13)9-12-4-2-6-14(12)16/h9-10H,1-8H2,(H3,19,21,22,24,25)/t27-/m0/s1. The smallest absolute Gasteiger partial charge is 0.331 e. The van der Waals surface area contributed by atoms with Crippen molar-refractivity contribution < 1.29 is 13.7 Å². The minimum absolute atomic E-state index is 0.110. The number of rotatable bonds is 3. The van der Waals surface area contributed by atoms with Gasteiger partial charge in [0, 0.05) is 5.69 Å². The van der Waals surface area contributed by atoms with Gasteiger partial charge in [0.1, 0.15) is 11.5 Å². The molecule has 1 aliphatic heterocycles. The van der Waals surface area contributed by atoms with Crippen molar-refractivity contribution in [1.29, 1.82) is 4.78 Å². The van der Waals surface area contributed by atoms with Crippen LogP contribution in [-0.4, -0.2) is 26.6 Å². The van der Waals surface area contributed by atoms with Crippen LogP contribution in [0.5, 0.6) is 5.88 Å². The van der Waals surface area contributed by atoms with Crippen LogP contribution in [0.15, 0.2) is 17.2 Å². The minimum Gasteiger partial charge on any atom is -0.475 e. The molecule has 1 atom stereocenters. The first-order valence-corrected chi connectivity index (χ1v) is 10.8. The number of nitrogens with one attached hydrogen (secondary N) is 3. The van der Waals surface area contributed by atoms with Crippen LogP contribution >= 0.6 is 0 Å². The summed E-state index contributed by atoms with van der Waals surface area (Å²) in [6, 6.07) is 1.66. The van der Waals surface area contributed by atoms with Gasteiger partial charge in [0.2, 0.25) is 5.88 Å². The number of carbonyl (C=O) groups excluding carboxylic acids is 1. The van der Waals surface area contributed by atoms with Crippen molar-refractivity contribution >= 4 is 21.6 Å². The van der Waals surface area contributed by atoms with Gasteiger partial charge in [-0.15, -0.1) is 0 Å². The summed E-state index contributed by atoms with van der Waals surface area (Å²) in [7, 11) is -3.56. The number of amides is 2. The fourth-order valence-electron chi connectivity index (χ4n) is 4.38. The van der Waals surface area contributed by atoms with Crippen molar-refractivity contribution in [1.82, 2.24) is 14.5 Å². The number of benzene rings is 1. The van der Waals surface area contributed by atoms with Gasteiger partial charge in [-0.2, -0.15) is 5.10 Å². The fraction of sp³-hybridized carbons (Fsp3) is 0.444. The lowest BCUT2D eigenvalue weighted by Crippen LogP contribution is -2.34. The van der Waals surface area contributed by atoms with Crippen LogP contribution in [0.4, 0.5) is 10.5 Å². The minimum atomic E-state index is -3.56. The lowest BCUT2D eigenvalue weighted by Gasteiger charge is -2.17. The number of ether oxygens (including phenoxy) is 1. The number of nitrogens with zero attached hydrogens (tertiary/aromatic N) is 2. The zero-order valence-electron chi connectivity index (χ0n) is 14.8. The quantitative estimate of drug-likeness (QED) is 0.751. The summed E-state index contributed by atoms with van der Waals surface area (Å²) >= 11 is 0. The highest BCUT2D eigenvalue weighted by molar-refractivity contribution is 7.91. The summed E-state index contributed by atoms with van der Waals surface area (Å²) in [5.74, 6) is 0.303. The molecule has 2 heterocycles. The van der Waals surface area contributed by atoms with Crippen molar-refractivity contribution in [3.8, 4) is 5.88 Å². The van der Waals surface area contributed by atoms with Crippen LogP contribution in [0, 0.1) is 4.78 Å². The summed E-state index contributed by atoms with van der Waals surface area (Å²) < 4.78 is 30.3. The molecule has 2 amide bonds. The van der Waals surface area contributed by atoms with Gasteiger partial charge in [0.15, 0.2) is 9.92 Å². The van der Waals surface area contributed by atoms with Gasteiger partial charge in [-0.25, -0.2) is 23.2 Å². The largest absolute Gasteiger partial charge is 0.475 e. The molecule has 27 heavy (non-hydrogen) atoms. The molecule has 0 saturated heterocycles. The molecule has 9 heteroatoms. The summed E-state index contributed by atoms with van der Waals surface area (Å²) in [5, 5.41) is 6.98. The second-order valence-corrected chi connectivity index (χ2v) is 8.99. The van der Waals surface area contributed by atoms with Crippen LogP contribution in [-0.2, 0) is 42.1 Å². The maximum Gasteiger partial charge on any atom is 0.331 e. The molecule has 2 aliphatic carbocycles. The molecule has 3 N–H and O–H groups in total. The number of hydrogen-bond acceptors (Lipinski definition) is 5. The number of carbonyl (C=O) groups is 1. The zero-order valence-corrected chi connectivity index (χ0v) is 15.7. The number of aromatic nitrogens is 2. The Hall–Kier alpha value is -2.55. The van der Waals surface area contributed by atoms with Crippen molar-refractivity contribution in [2.24, 2.45) is 0 Å². The second-order valence-electron chi connectivity index (χ2n) is 7.23. The predicted octanol–water partition coefficient (Wildman–Crippen LogP) is 2.40. The molecule has 8 nitrogen and oxygen atoms in total. The molecule has 0 bridgehead atoms. The Bertz CT molecular complexity index is 1030. The lowest BCUT2D eigenvalue weighted by molar-refractivity contribution is 0.256. The first-order chi connectivity index (χ1) is 13.0. The van der Waals surface area contributed by atoms with Gasteiger partial charge in [-0.1, -0.05) is 6.07 Å². The van der Waals surface area contributed by atoms with Crippen molar-refractivity contribution in [2.45, 2.75) is 50.0 Å². The fourth-order valence-corrected chi connectivity index (χ4v) is 5.41. The Morgan fingerprint density at radius 3 is 2.59 bits per heavy atom. The number of hydrogen-bond donors (Lipinski definition) is 3. The number of aryl methyl sites for hydroxylation is 2. The van der Waals surface area contributed by atoms with E-state index >= 15 is 0 Å². The third kappa shape index (κ3) is 2.68. The molecule has 1 aromatic heterocycles. The highest BCUT2D eigenvalue weighted by Gasteiger charge is 2.28. The van der Waals surface area contributed by atoms with Crippen LogP contribution in [0.3, 0.4) is 0 Å². The molecule has 0 saturated carbocycles. The maximum absolute atomic E-state index is 12.8. The normalized spacial score (nSPS) is 19.0. The molecule has 0 fully saturated rings. The van der Waals surface area contributed by atoms with E-state index in [0.717, 1.165) is 44.2 Å². The SMILES string of the molecule is N=[S@](=O)(NC(=O)Nc1c2c(cc3c1CCC3)CCC2)c1cnn2c1OCC2. The van der Waals surface area contributed by atoms with Crippen molar-refractivity contribution in [2.75, 3.05) is 11.9 Å². The number of urea groups is 1. The highest BCUT2D eigenvalue weighted by Crippen LogP contribution is 2.38. The molecular weight excluding hydrogens is 366 g/mol. The molecular formula is C18H21N5O3S. The van der Waals surface area contributed by atoms with Gasteiger partial charge in [0.25, 0.3) is 0 Å². The van der Waals surface area contributed by atoms with Crippen LogP contribution < -0.4 is 14.8 Å². The van der Waals surface area contributed by atoms with E-state index in [2.05, 4.69) is 21.2 Å². The van der Waals surface area contributed by atoms with Gasteiger partial charge in [0.05, 0.1) is 12.7 Å². The third-order valence-electron chi connectivity index (χ3n) is 5.56. The van der Waals surface area contributed by atoms with E-state index in [9.17, 15) is 9.00 Å². The number of fused-ring (bicyclic) bond motifs is 3. The Kier molecular flexibility index (Phi) is 3.68. The highest BCUT2D eigenvalue weighted by atomic mass is 32.2. The molecule has 1 aromatic carbocycles. The summed E-state index contributed by atoms with van der Waals surface area (Å²) in [5.41, 5.74) is 5.86. The maximum atomic E-state index is 12.8. The van der Waals surface area contributed by atoms with Gasteiger partial charge >= 0.3 is 6.03 Å².